The van der Waals surface area contributed by atoms with Crippen molar-refractivity contribution in [3.8, 4) is 0 Å². The fourth-order valence-electron chi connectivity index (χ4n) is 2.33. The van der Waals surface area contributed by atoms with Crippen molar-refractivity contribution in [2.75, 3.05) is 5.32 Å². The maximum Gasteiger partial charge on any atom is 0.274 e. The Hall–Kier alpha value is -3.15. The number of anilines is 1. The number of nitrogens with zero attached hydrogens (tertiary/aromatic N) is 2. The number of benzene rings is 1. The van der Waals surface area contributed by atoms with Crippen LogP contribution in [0.1, 0.15) is 16.8 Å². The Morgan fingerprint density at radius 1 is 1.21 bits per heavy atom. The van der Waals surface area contributed by atoms with Gasteiger partial charge in [0.25, 0.3) is 5.56 Å². The summed E-state index contributed by atoms with van der Waals surface area (Å²) in [5.74, 6) is -0.311. The Morgan fingerprint density at radius 3 is 2.71 bits per heavy atom. The van der Waals surface area contributed by atoms with Gasteiger partial charge in [0.05, 0.1) is 18.7 Å². The lowest BCUT2D eigenvalue weighted by Gasteiger charge is -2.09. The van der Waals surface area contributed by atoms with Gasteiger partial charge in [0.1, 0.15) is 12.0 Å². The average Bonchev–Trinajstić information content (AvgIpc) is 3.06. The zero-order chi connectivity index (χ0) is 16.9. The highest BCUT2D eigenvalue weighted by molar-refractivity contribution is 5.91. The lowest BCUT2D eigenvalue weighted by atomic mass is 10.1. The summed E-state index contributed by atoms with van der Waals surface area (Å²) in [7, 11) is 0. The molecule has 6 nitrogen and oxygen atoms in total. The molecule has 2 aromatic heterocycles. The van der Waals surface area contributed by atoms with E-state index in [1.54, 1.807) is 29.0 Å². The third-order valence-electron chi connectivity index (χ3n) is 3.60. The van der Waals surface area contributed by atoms with E-state index >= 15 is 0 Å². The van der Waals surface area contributed by atoms with Crippen LogP contribution in [0.15, 0.2) is 64.2 Å². The van der Waals surface area contributed by atoms with Crippen LogP contribution in [0.25, 0.3) is 0 Å². The van der Waals surface area contributed by atoms with Crippen molar-refractivity contribution in [1.29, 1.82) is 0 Å². The van der Waals surface area contributed by atoms with Crippen LogP contribution < -0.4 is 10.9 Å². The molecule has 24 heavy (non-hydrogen) atoms. The van der Waals surface area contributed by atoms with E-state index in [1.165, 1.54) is 11.8 Å². The number of amides is 1. The number of aryl methyl sites for hydroxylation is 1. The molecular weight excluding hydrogens is 306 g/mol. The number of nitrogens with one attached hydrogen (secondary N) is 1. The molecule has 3 rings (SSSR count). The maximum absolute atomic E-state index is 12.5. The molecule has 6 heteroatoms. The minimum absolute atomic E-state index is 0.0583. The highest BCUT2D eigenvalue weighted by Gasteiger charge is 2.10. The van der Waals surface area contributed by atoms with Gasteiger partial charge >= 0.3 is 0 Å². The quantitative estimate of drug-likeness (QED) is 0.782. The van der Waals surface area contributed by atoms with Crippen LogP contribution in [-0.4, -0.2) is 15.6 Å². The molecule has 0 unspecified atom stereocenters. The molecule has 0 aliphatic heterocycles. The summed E-state index contributed by atoms with van der Waals surface area (Å²) >= 11 is 0. The standard InChI is InChI=1S/C18H17N3O3/c1-13-4-6-14(7-5-13)12-21-9-2-3-16(18(21)23)19-17(22)11-15-8-10-24-20-15/h2-10H,11-12H2,1H3,(H,19,22). The average molecular weight is 323 g/mol. The van der Waals surface area contributed by atoms with E-state index in [9.17, 15) is 9.59 Å². The number of carbonyl (C=O) groups is 1. The van der Waals surface area contributed by atoms with Gasteiger partial charge in [0.15, 0.2) is 0 Å². The SMILES string of the molecule is Cc1ccc(Cn2cccc(NC(=O)Cc3ccon3)c2=O)cc1. The molecule has 0 bridgehead atoms. The highest BCUT2D eigenvalue weighted by atomic mass is 16.5. The summed E-state index contributed by atoms with van der Waals surface area (Å²) in [5.41, 5.74) is 2.71. The maximum atomic E-state index is 12.5. The highest BCUT2D eigenvalue weighted by Crippen LogP contribution is 2.06. The van der Waals surface area contributed by atoms with Gasteiger partial charge in [-0.3, -0.25) is 9.59 Å². The van der Waals surface area contributed by atoms with Crippen molar-refractivity contribution in [2.24, 2.45) is 0 Å². The Bertz CT molecular complexity index is 881. The normalized spacial score (nSPS) is 10.5. The summed E-state index contributed by atoms with van der Waals surface area (Å²) in [6, 6.07) is 12.9. The molecule has 3 aromatic rings. The van der Waals surface area contributed by atoms with Crippen molar-refractivity contribution in [2.45, 2.75) is 19.9 Å². The number of carbonyl (C=O) groups excluding carboxylic acids is 1. The Labute approximate surface area is 138 Å². The van der Waals surface area contributed by atoms with Gasteiger partial charge < -0.3 is 14.4 Å². The van der Waals surface area contributed by atoms with Crippen molar-refractivity contribution in [3.05, 3.63) is 82.1 Å². The number of hydrogen-bond acceptors (Lipinski definition) is 4. The molecule has 0 fully saturated rings. The second-order valence-electron chi connectivity index (χ2n) is 5.56. The zero-order valence-electron chi connectivity index (χ0n) is 13.2. The molecule has 0 spiro atoms. The number of hydrogen-bond donors (Lipinski definition) is 1. The first-order valence-corrected chi connectivity index (χ1v) is 7.56. The Balaban J connectivity index is 1.74. The summed E-state index contributed by atoms with van der Waals surface area (Å²) in [6.07, 6.45) is 3.16. The molecule has 0 saturated heterocycles. The van der Waals surface area contributed by atoms with E-state index in [0.717, 1.165) is 5.56 Å². The van der Waals surface area contributed by atoms with Gasteiger partial charge in [0.2, 0.25) is 5.91 Å². The van der Waals surface area contributed by atoms with Crippen LogP contribution >= 0.6 is 0 Å². The van der Waals surface area contributed by atoms with Crippen LogP contribution in [0.4, 0.5) is 5.69 Å². The first kappa shape index (κ1) is 15.7. The van der Waals surface area contributed by atoms with Gasteiger partial charge in [-0.2, -0.15) is 0 Å². The number of rotatable bonds is 5. The lowest BCUT2D eigenvalue weighted by Crippen LogP contribution is -2.26. The Kier molecular flexibility index (Phi) is 4.56. The summed E-state index contributed by atoms with van der Waals surface area (Å²) in [4.78, 5) is 24.5. The molecule has 0 aliphatic carbocycles. The van der Waals surface area contributed by atoms with E-state index in [0.29, 0.717) is 12.2 Å². The molecule has 0 radical (unpaired) electrons. The summed E-state index contributed by atoms with van der Waals surface area (Å²) in [5, 5.41) is 6.31. The topological polar surface area (TPSA) is 77.1 Å². The zero-order valence-corrected chi connectivity index (χ0v) is 13.2. The summed E-state index contributed by atoms with van der Waals surface area (Å²) < 4.78 is 6.25. The first-order chi connectivity index (χ1) is 11.6. The van der Waals surface area contributed by atoms with Crippen LogP contribution in [0.2, 0.25) is 0 Å². The van der Waals surface area contributed by atoms with Crippen molar-refractivity contribution in [3.63, 3.8) is 0 Å². The molecule has 122 valence electrons. The molecule has 0 atom stereocenters. The molecule has 1 aromatic carbocycles. The molecule has 0 saturated carbocycles. The molecule has 2 heterocycles. The van der Waals surface area contributed by atoms with Crippen molar-refractivity contribution < 1.29 is 9.32 Å². The molecule has 0 aliphatic rings. The minimum Gasteiger partial charge on any atom is -0.364 e. The second-order valence-corrected chi connectivity index (χ2v) is 5.56. The first-order valence-electron chi connectivity index (χ1n) is 7.56. The van der Waals surface area contributed by atoms with Crippen LogP contribution in [0.5, 0.6) is 0 Å². The fourth-order valence-corrected chi connectivity index (χ4v) is 2.33. The molecule has 1 N–H and O–H groups in total. The van der Waals surface area contributed by atoms with E-state index in [4.69, 9.17) is 0 Å². The lowest BCUT2D eigenvalue weighted by molar-refractivity contribution is -0.115. The molecular formula is C18H17N3O3. The minimum atomic E-state index is -0.311. The summed E-state index contributed by atoms with van der Waals surface area (Å²) in [6.45, 7) is 2.47. The van der Waals surface area contributed by atoms with Crippen LogP contribution in [0.3, 0.4) is 0 Å². The smallest absolute Gasteiger partial charge is 0.274 e. The van der Waals surface area contributed by atoms with E-state index < -0.39 is 0 Å². The van der Waals surface area contributed by atoms with Crippen LogP contribution in [-0.2, 0) is 17.8 Å². The van der Waals surface area contributed by atoms with Gasteiger partial charge in [0, 0.05) is 12.3 Å². The number of pyridine rings is 1. The van der Waals surface area contributed by atoms with Gasteiger partial charge in [-0.25, -0.2) is 0 Å². The largest absolute Gasteiger partial charge is 0.364 e. The van der Waals surface area contributed by atoms with E-state index in [1.807, 2.05) is 31.2 Å². The third kappa shape index (κ3) is 3.78. The Morgan fingerprint density at radius 2 is 2.00 bits per heavy atom. The third-order valence-corrected chi connectivity index (χ3v) is 3.60. The molecule has 1 amide bonds. The van der Waals surface area contributed by atoms with Gasteiger partial charge in [-0.05, 0) is 24.6 Å². The van der Waals surface area contributed by atoms with Crippen molar-refractivity contribution in [1.82, 2.24) is 9.72 Å². The van der Waals surface area contributed by atoms with E-state index in [-0.39, 0.29) is 23.6 Å². The fraction of sp³-hybridized carbons (Fsp3) is 0.167. The predicted molar refractivity (Wildman–Crippen MR) is 89.8 cm³/mol. The monoisotopic (exact) mass is 323 g/mol. The van der Waals surface area contributed by atoms with Crippen LogP contribution in [0, 0.1) is 6.92 Å². The van der Waals surface area contributed by atoms with Gasteiger partial charge in [-0.1, -0.05) is 35.0 Å². The predicted octanol–water partition coefficient (Wildman–Crippen LogP) is 2.37. The van der Waals surface area contributed by atoms with Crippen molar-refractivity contribution >= 4 is 11.6 Å². The number of aromatic nitrogens is 2. The van der Waals surface area contributed by atoms with Gasteiger partial charge in [-0.15, -0.1) is 0 Å². The second kappa shape index (κ2) is 6.95. The van der Waals surface area contributed by atoms with E-state index in [2.05, 4.69) is 15.0 Å².